The molecule has 2 atom stereocenters. The maximum atomic E-state index is 12.6. The quantitative estimate of drug-likeness (QED) is 0.849. The van der Waals surface area contributed by atoms with E-state index in [4.69, 9.17) is 4.74 Å². The standard InChI is InChI=1S/C16H33NO2/c1-11(19-16(8,9)10)12(17-15(5,6)7)13(18)14(2,3)4/h11-12,17H,1-10H3. The van der Waals surface area contributed by atoms with Gasteiger partial charge in [-0.05, 0) is 48.5 Å². The van der Waals surface area contributed by atoms with E-state index in [1.165, 1.54) is 0 Å². The molecule has 0 aliphatic carbocycles. The van der Waals surface area contributed by atoms with Crippen LogP contribution >= 0.6 is 0 Å². The van der Waals surface area contributed by atoms with Crippen molar-refractivity contribution in [3.8, 4) is 0 Å². The van der Waals surface area contributed by atoms with Gasteiger partial charge in [0.1, 0.15) is 0 Å². The average molecular weight is 271 g/mol. The SMILES string of the molecule is CC(OC(C)(C)C)C(NC(C)(C)C)C(=O)C(C)(C)C. The highest BCUT2D eigenvalue weighted by molar-refractivity contribution is 5.89. The smallest absolute Gasteiger partial charge is 0.157 e. The lowest BCUT2D eigenvalue weighted by Crippen LogP contribution is -2.57. The lowest BCUT2D eigenvalue weighted by Gasteiger charge is -2.37. The van der Waals surface area contributed by atoms with Crippen LogP contribution < -0.4 is 5.32 Å². The summed E-state index contributed by atoms with van der Waals surface area (Å²) in [7, 11) is 0. The molecule has 3 heteroatoms. The van der Waals surface area contributed by atoms with Crippen molar-refractivity contribution in [3.63, 3.8) is 0 Å². The number of rotatable bonds is 4. The molecule has 0 aliphatic heterocycles. The normalized spacial score (nSPS) is 17.2. The van der Waals surface area contributed by atoms with Gasteiger partial charge in [-0.2, -0.15) is 0 Å². The van der Waals surface area contributed by atoms with E-state index in [0.717, 1.165) is 0 Å². The molecule has 0 saturated carbocycles. The third-order valence-electron chi connectivity index (χ3n) is 2.62. The van der Waals surface area contributed by atoms with Gasteiger partial charge in [-0.15, -0.1) is 0 Å². The van der Waals surface area contributed by atoms with E-state index >= 15 is 0 Å². The maximum absolute atomic E-state index is 12.6. The van der Waals surface area contributed by atoms with Crippen LogP contribution in [0.2, 0.25) is 0 Å². The zero-order valence-corrected chi connectivity index (χ0v) is 14.5. The van der Waals surface area contributed by atoms with Crippen molar-refractivity contribution in [2.45, 2.75) is 92.5 Å². The van der Waals surface area contributed by atoms with E-state index in [1.807, 2.05) is 48.5 Å². The van der Waals surface area contributed by atoms with Crippen molar-refractivity contribution >= 4 is 5.78 Å². The molecule has 0 bridgehead atoms. The van der Waals surface area contributed by atoms with Gasteiger partial charge in [-0.25, -0.2) is 0 Å². The van der Waals surface area contributed by atoms with Gasteiger partial charge in [0.25, 0.3) is 0 Å². The lowest BCUT2D eigenvalue weighted by atomic mass is 9.83. The average Bonchev–Trinajstić information content (AvgIpc) is 2.06. The zero-order chi connectivity index (χ0) is 15.6. The van der Waals surface area contributed by atoms with E-state index < -0.39 is 0 Å². The number of ketones is 1. The fraction of sp³-hybridized carbons (Fsp3) is 0.938. The molecular formula is C16H33NO2. The van der Waals surface area contributed by atoms with Crippen LogP contribution in [-0.2, 0) is 9.53 Å². The van der Waals surface area contributed by atoms with Gasteiger partial charge in [0.15, 0.2) is 5.78 Å². The number of carbonyl (C=O) groups excluding carboxylic acids is 1. The molecule has 0 fully saturated rings. The molecule has 0 rings (SSSR count). The Morgan fingerprint density at radius 2 is 1.37 bits per heavy atom. The van der Waals surface area contributed by atoms with Gasteiger partial charge < -0.3 is 10.1 Å². The predicted molar refractivity (Wildman–Crippen MR) is 81.4 cm³/mol. The molecule has 1 N–H and O–H groups in total. The van der Waals surface area contributed by atoms with Gasteiger partial charge in [-0.1, -0.05) is 20.8 Å². The summed E-state index contributed by atoms with van der Waals surface area (Å²) in [5, 5.41) is 3.41. The molecule has 19 heavy (non-hydrogen) atoms. The second kappa shape index (κ2) is 5.92. The first-order valence-electron chi connectivity index (χ1n) is 7.13. The van der Waals surface area contributed by atoms with Gasteiger partial charge in [0.2, 0.25) is 0 Å². The minimum Gasteiger partial charge on any atom is -0.371 e. The van der Waals surface area contributed by atoms with Crippen molar-refractivity contribution in [3.05, 3.63) is 0 Å². The fourth-order valence-electron chi connectivity index (χ4n) is 1.95. The summed E-state index contributed by atoms with van der Waals surface area (Å²) in [6.45, 7) is 20.1. The van der Waals surface area contributed by atoms with Gasteiger partial charge in [-0.3, -0.25) is 4.79 Å². The largest absolute Gasteiger partial charge is 0.371 e. The van der Waals surface area contributed by atoms with E-state index in [2.05, 4.69) is 26.1 Å². The molecular weight excluding hydrogens is 238 g/mol. The third-order valence-corrected chi connectivity index (χ3v) is 2.62. The number of hydrogen-bond acceptors (Lipinski definition) is 3. The Balaban J connectivity index is 5.13. The Hall–Kier alpha value is -0.410. The third kappa shape index (κ3) is 7.68. The number of carbonyl (C=O) groups is 1. The fourth-order valence-corrected chi connectivity index (χ4v) is 1.95. The predicted octanol–water partition coefficient (Wildman–Crippen LogP) is 3.56. The molecule has 0 aromatic rings. The first kappa shape index (κ1) is 18.6. The van der Waals surface area contributed by atoms with Crippen LogP contribution in [-0.4, -0.2) is 29.1 Å². The molecule has 0 saturated heterocycles. The van der Waals surface area contributed by atoms with Crippen LogP contribution in [0, 0.1) is 5.41 Å². The summed E-state index contributed by atoms with van der Waals surface area (Å²) in [5.74, 6) is 0.194. The van der Waals surface area contributed by atoms with Gasteiger partial charge in [0.05, 0.1) is 17.7 Å². The van der Waals surface area contributed by atoms with Crippen LogP contribution in [0.5, 0.6) is 0 Å². The van der Waals surface area contributed by atoms with Crippen LogP contribution in [0.3, 0.4) is 0 Å². The Bertz CT molecular complexity index is 302. The highest BCUT2D eigenvalue weighted by Crippen LogP contribution is 2.23. The Kier molecular flexibility index (Phi) is 5.80. The first-order valence-corrected chi connectivity index (χ1v) is 7.13. The van der Waals surface area contributed by atoms with Crippen molar-refractivity contribution in [2.75, 3.05) is 0 Å². The summed E-state index contributed by atoms with van der Waals surface area (Å²) in [5.41, 5.74) is -0.755. The minimum absolute atomic E-state index is 0.124. The Morgan fingerprint density at radius 1 is 0.947 bits per heavy atom. The summed E-state index contributed by atoms with van der Waals surface area (Å²) in [4.78, 5) is 12.6. The molecule has 114 valence electrons. The highest BCUT2D eigenvalue weighted by Gasteiger charge is 2.37. The number of Topliss-reactive ketones (excluding diaryl/α,β-unsaturated/α-hetero) is 1. The summed E-state index contributed by atoms with van der Waals surface area (Å²) < 4.78 is 5.98. The van der Waals surface area contributed by atoms with Crippen LogP contribution in [0.25, 0.3) is 0 Å². The Morgan fingerprint density at radius 3 is 1.63 bits per heavy atom. The first-order chi connectivity index (χ1) is 8.13. The molecule has 0 amide bonds. The van der Waals surface area contributed by atoms with Crippen LogP contribution in [0.1, 0.15) is 69.2 Å². The van der Waals surface area contributed by atoms with E-state index in [-0.39, 0.29) is 34.5 Å². The molecule has 0 aromatic carbocycles. The van der Waals surface area contributed by atoms with Gasteiger partial charge >= 0.3 is 0 Å². The Labute approximate surface area is 119 Å². The van der Waals surface area contributed by atoms with Crippen molar-refractivity contribution < 1.29 is 9.53 Å². The summed E-state index contributed by atoms with van der Waals surface area (Å²) in [6, 6.07) is -0.292. The van der Waals surface area contributed by atoms with Crippen LogP contribution in [0.4, 0.5) is 0 Å². The second-order valence-corrected chi connectivity index (χ2v) is 8.42. The number of ether oxygens (including phenoxy) is 1. The molecule has 0 heterocycles. The van der Waals surface area contributed by atoms with Gasteiger partial charge in [0, 0.05) is 11.0 Å². The molecule has 0 radical (unpaired) electrons. The number of nitrogens with one attached hydrogen (secondary N) is 1. The van der Waals surface area contributed by atoms with Crippen molar-refractivity contribution in [2.24, 2.45) is 5.41 Å². The highest BCUT2D eigenvalue weighted by atomic mass is 16.5. The molecule has 0 aromatic heterocycles. The molecule has 3 nitrogen and oxygen atoms in total. The molecule has 0 aliphatic rings. The van der Waals surface area contributed by atoms with Crippen molar-refractivity contribution in [1.29, 1.82) is 0 Å². The minimum atomic E-state index is -0.377. The monoisotopic (exact) mass is 271 g/mol. The van der Waals surface area contributed by atoms with Crippen LogP contribution in [0.15, 0.2) is 0 Å². The summed E-state index contributed by atoms with van der Waals surface area (Å²) >= 11 is 0. The molecule has 0 spiro atoms. The van der Waals surface area contributed by atoms with E-state index in [0.29, 0.717) is 0 Å². The topological polar surface area (TPSA) is 38.3 Å². The molecule has 2 unspecified atom stereocenters. The zero-order valence-electron chi connectivity index (χ0n) is 14.5. The van der Waals surface area contributed by atoms with E-state index in [9.17, 15) is 4.79 Å². The van der Waals surface area contributed by atoms with Crippen molar-refractivity contribution in [1.82, 2.24) is 5.32 Å². The lowest BCUT2D eigenvalue weighted by molar-refractivity contribution is -0.137. The summed E-state index contributed by atoms with van der Waals surface area (Å²) in [6.07, 6.45) is -0.161. The second-order valence-electron chi connectivity index (χ2n) is 8.42. The maximum Gasteiger partial charge on any atom is 0.157 e. The number of hydrogen-bond donors (Lipinski definition) is 1. The van der Waals surface area contributed by atoms with E-state index in [1.54, 1.807) is 0 Å².